The minimum absolute atomic E-state index is 0.126. The summed E-state index contributed by atoms with van der Waals surface area (Å²) in [4.78, 5) is 39.3. The SMILES string of the molecule is CC1Oc2ccccc2OC1C(=O)N(C)CC(=O)N1CCCC(C(=O)O)C1. The molecule has 1 aromatic rings. The fraction of sp³-hybridized carbons (Fsp3) is 0.526. The number of fused-ring (bicyclic) bond motifs is 1. The standard InChI is InChI=1S/C19H24N2O6/c1-12-17(27-15-8-4-3-7-14(15)26-12)18(23)20(2)11-16(22)21-9-5-6-13(10-21)19(24)25/h3-4,7-8,12-13,17H,5-6,9-11H2,1-2H3,(H,24,25). The highest BCUT2D eigenvalue weighted by atomic mass is 16.6. The second kappa shape index (κ2) is 7.85. The van der Waals surface area contributed by atoms with Gasteiger partial charge in [0.1, 0.15) is 6.10 Å². The van der Waals surface area contributed by atoms with Crippen LogP contribution in [0.4, 0.5) is 0 Å². The number of carbonyl (C=O) groups is 3. The molecule has 2 aliphatic heterocycles. The third-order valence-corrected chi connectivity index (χ3v) is 4.96. The fourth-order valence-corrected chi connectivity index (χ4v) is 3.39. The van der Waals surface area contributed by atoms with Crippen molar-refractivity contribution < 1.29 is 29.0 Å². The van der Waals surface area contributed by atoms with Crippen LogP contribution in [0.1, 0.15) is 19.8 Å². The van der Waals surface area contributed by atoms with Crippen molar-refractivity contribution >= 4 is 17.8 Å². The molecule has 8 heteroatoms. The lowest BCUT2D eigenvalue weighted by Crippen LogP contribution is -2.52. The van der Waals surface area contributed by atoms with E-state index in [1.165, 1.54) is 16.8 Å². The number of hydrogen-bond acceptors (Lipinski definition) is 5. The molecule has 2 aliphatic rings. The van der Waals surface area contributed by atoms with E-state index in [4.69, 9.17) is 14.6 Å². The number of likely N-dealkylation sites (N-methyl/N-ethyl adjacent to an activating group) is 1. The number of likely N-dealkylation sites (tertiary alicyclic amines) is 1. The predicted molar refractivity (Wildman–Crippen MR) is 95.5 cm³/mol. The molecule has 1 aromatic carbocycles. The Kier molecular flexibility index (Phi) is 5.53. The molecule has 2 heterocycles. The van der Waals surface area contributed by atoms with E-state index in [0.717, 1.165) is 0 Å². The van der Waals surface area contributed by atoms with Gasteiger partial charge in [-0.25, -0.2) is 0 Å². The second-order valence-corrected chi connectivity index (χ2v) is 7.02. The Morgan fingerprint density at radius 1 is 1.22 bits per heavy atom. The van der Waals surface area contributed by atoms with Crippen LogP contribution in [-0.2, 0) is 14.4 Å². The molecule has 146 valence electrons. The maximum absolute atomic E-state index is 12.8. The van der Waals surface area contributed by atoms with E-state index in [0.29, 0.717) is 30.9 Å². The average molecular weight is 376 g/mol. The lowest BCUT2D eigenvalue weighted by molar-refractivity contribution is -0.150. The first-order valence-corrected chi connectivity index (χ1v) is 9.04. The van der Waals surface area contributed by atoms with Gasteiger partial charge < -0.3 is 24.4 Å². The van der Waals surface area contributed by atoms with Gasteiger partial charge in [0, 0.05) is 20.1 Å². The zero-order chi connectivity index (χ0) is 19.6. The number of carbonyl (C=O) groups excluding carboxylic acids is 2. The maximum atomic E-state index is 12.8. The molecule has 2 amide bonds. The van der Waals surface area contributed by atoms with Crippen LogP contribution < -0.4 is 9.47 Å². The summed E-state index contributed by atoms with van der Waals surface area (Å²) in [5.41, 5.74) is 0. The van der Waals surface area contributed by atoms with Gasteiger partial charge in [0.2, 0.25) is 12.0 Å². The number of ether oxygens (including phenoxy) is 2. The van der Waals surface area contributed by atoms with Crippen molar-refractivity contribution in [3.8, 4) is 11.5 Å². The van der Waals surface area contributed by atoms with Crippen molar-refractivity contribution in [2.24, 2.45) is 5.92 Å². The second-order valence-electron chi connectivity index (χ2n) is 7.02. The molecule has 1 fully saturated rings. The number of amides is 2. The van der Waals surface area contributed by atoms with Gasteiger partial charge in [0.15, 0.2) is 11.5 Å². The first kappa shape index (κ1) is 19.0. The van der Waals surface area contributed by atoms with E-state index in [1.807, 2.05) is 6.07 Å². The Balaban J connectivity index is 1.60. The van der Waals surface area contributed by atoms with E-state index >= 15 is 0 Å². The van der Waals surface area contributed by atoms with E-state index in [2.05, 4.69) is 0 Å². The summed E-state index contributed by atoms with van der Waals surface area (Å²) in [5, 5.41) is 9.15. The van der Waals surface area contributed by atoms with Gasteiger partial charge in [-0.15, -0.1) is 0 Å². The summed E-state index contributed by atoms with van der Waals surface area (Å²) in [5.74, 6) is -0.971. The third-order valence-electron chi connectivity index (χ3n) is 4.96. The number of benzene rings is 1. The molecule has 0 bridgehead atoms. The third kappa shape index (κ3) is 4.15. The molecule has 3 rings (SSSR count). The highest BCUT2D eigenvalue weighted by Crippen LogP contribution is 2.33. The molecule has 0 saturated carbocycles. The Labute approximate surface area is 157 Å². The zero-order valence-electron chi connectivity index (χ0n) is 15.5. The average Bonchev–Trinajstić information content (AvgIpc) is 2.66. The number of rotatable bonds is 4. The van der Waals surface area contributed by atoms with Crippen LogP contribution in [0.2, 0.25) is 0 Å². The fourth-order valence-electron chi connectivity index (χ4n) is 3.39. The first-order valence-electron chi connectivity index (χ1n) is 9.04. The molecule has 27 heavy (non-hydrogen) atoms. The van der Waals surface area contributed by atoms with Gasteiger partial charge in [0.05, 0.1) is 12.5 Å². The van der Waals surface area contributed by atoms with E-state index in [9.17, 15) is 14.4 Å². The van der Waals surface area contributed by atoms with Crippen LogP contribution in [0.3, 0.4) is 0 Å². The number of aliphatic carboxylic acids is 1. The van der Waals surface area contributed by atoms with Crippen LogP contribution in [0.5, 0.6) is 11.5 Å². The summed E-state index contributed by atoms with van der Waals surface area (Å²) in [6.07, 6.45) is -0.117. The van der Waals surface area contributed by atoms with Gasteiger partial charge in [-0.3, -0.25) is 14.4 Å². The highest BCUT2D eigenvalue weighted by molar-refractivity contribution is 5.88. The molecular weight excluding hydrogens is 352 g/mol. The maximum Gasteiger partial charge on any atom is 0.308 e. The van der Waals surface area contributed by atoms with Crippen molar-refractivity contribution in [2.45, 2.75) is 32.0 Å². The van der Waals surface area contributed by atoms with E-state index < -0.39 is 24.1 Å². The number of piperidine rings is 1. The number of hydrogen-bond donors (Lipinski definition) is 1. The lowest BCUT2D eigenvalue weighted by atomic mass is 9.98. The van der Waals surface area contributed by atoms with Crippen LogP contribution in [0.25, 0.3) is 0 Å². The largest absolute Gasteiger partial charge is 0.482 e. The van der Waals surface area contributed by atoms with Crippen LogP contribution in [0.15, 0.2) is 24.3 Å². The van der Waals surface area contributed by atoms with Crippen molar-refractivity contribution in [1.82, 2.24) is 9.80 Å². The number of para-hydroxylation sites is 2. The van der Waals surface area contributed by atoms with Gasteiger partial charge in [-0.05, 0) is 31.9 Å². The molecule has 3 atom stereocenters. The van der Waals surface area contributed by atoms with E-state index in [1.54, 1.807) is 25.1 Å². The predicted octanol–water partition coefficient (Wildman–Crippen LogP) is 0.996. The highest BCUT2D eigenvalue weighted by Gasteiger charge is 2.37. The monoisotopic (exact) mass is 376 g/mol. The number of nitrogens with zero attached hydrogens (tertiary/aromatic N) is 2. The van der Waals surface area contributed by atoms with Crippen molar-refractivity contribution in [3.05, 3.63) is 24.3 Å². The summed E-state index contributed by atoms with van der Waals surface area (Å²) < 4.78 is 11.5. The van der Waals surface area contributed by atoms with Crippen molar-refractivity contribution in [3.63, 3.8) is 0 Å². The van der Waals surface area contributed by atoms with Gasteiger partial charge >= 0.3 is 5.97 Å². The summed E-state index contributed by atoms with van der Waals surface area (Å²) in [6.45, 7) is 2.32. The van der Waals surface area contributed by atoms with Gasteiger partial charge in [-0.1, -0.05) is 12.1 Å². The van der Waals surface area contributed by atoms with Crippen LogP contribution >= 0.6 is 0 Å². The smallest absolute Gasteiger partial charge is 0.308 e. The zero-order valence-corrected chi connectivity index (χ0v) is 15.5. The molecule has 0 radical (unpaired) electrons. The molecule has 1 N–H and O–H groups in total. The number of carboxylic acid groups (broad SMARTS) is 1. The Morgan fingerprint density at radius 2 is 1.89 bits per heavy atom. The summed E-state index contributed by atoms with van der Waals surface area (Å²) >= 11 is 0. The van der Waals surface area contributed by atoms with E-state index in [-0.39, 0.29) is 24.9 Å². The molecular formula is C19H24N2O6. The van der Waals surface area contributed by atoms with Crippen molar-refractivity contribution in [1.29, 1.82) is 0 Å². The topological polar surface area (TPSA) is 96.4 Å². The molecule has 3 unspecified atom stereocenters. The Bertz CT molecular complexity index is 737. The van der Waals surface area contributed by atoms with Crippen molar-refractivity contribution in [2.75, 3.05) is 26.7 Å². The Hall–Kier alpha value is -2.77. The first-order chi connectivity index (χ1) is 12.9. The minimum Gasteiger partial charge on any atom is -0.482 e. The van der Waals surface area contributed by atoms with Gasteiger partial charge in [-0.2, -0.15) is 0 Å². The lowest BCUT2D eigenvalue weighted by Gasteiger charge is -2.35. The normalized spacial score (nSPS) is 24.2. The molecule has 0 aromatic heterocycles. The molecule has 8 nitrogen and oxygen atoms in total. The minimum atomic E-state index is -0.892. The van der Waals surface area contributed by atoms with Gasteiger partial charge in [0.25, 0.3) is 5.91 Å². The van der Waals surface area contributed by atoms with Crippen LogP contribution in [-0.4, -0.2) is 71.6 Å². The molecule has 1 saturated heterocycles. The quantitative estimate of drug-likeness (QED) is 0.842. The molecule has 0 aliphatic carbocycles. The molecule has 0 spiro atoms. The number of carboxylic acids is 1. The summed E-state index contributed by atoms with van der Waals surface area (Å²) in [7, 11) is 1.54. The van der Waals surface area contributed by atoms with Crippen LogP contribution in [0, 0.1) is 5.92 Å². The Morgan fingerprint density at radius 3 is 2.56 bits per heavy atom. The summed E-state index contributed by atoms with van der Waals surface area (Å²) in [6, 6.07) is 7.12.